The molecule has 5 nitrogen and oxygen atoms in total. The van der Waals surface area contributed by atoms with Crippen LogP contribution in [0.1, 0.15) is 58.9 Å². The maximum absolute atomic E-state index is 13.1. The molecular formula is C22H27NO4. The summed E-state index contributed by atoms with van der Waals surface area (Å²) in [6, 6.07) is 6.76. The molecule has 5 heteroatoms. The zero-order valence-corrected chi connectivity index (χ0v) is 16.6. The number of nitrogens with one attached hydrogen (secondary N) is 1. The van der Waals surface area contributed by atoms with E-state index in [4.69, 9.17) is 4.74 Å². The second-order valence-electron chi connectivity index (χ2n) is 8.48. The minimum absolute atomic E-state index is 0.0319. The molecule has 0 unspecified atom stereocenters. The van der Waals surface area contributed by atoms with E-state index in [0.29, 0.717) is 28.8 Å². The molecule has 1 aromatic carbocycles. The molecule has 0 spiro atoms. The van der Waals surface area contributed by atoms with Crippen molar-refractivity contribution in [3.63, 3.8) is 0 Å². The highest BCUT2D eigenvalue weighted by molar-refractivity contribution is 6.04. The Hall–Kier alpha value is -2.56. The van der Waals surface area contributed by atoms with Crippen molar-refractivity contribution in [2.45, 2.75) is 59.5 Å². The van der Waals surface area contributed by atoms with Gasteiger partial charge in [-0.15, -0.1) is 0 Å². The number of carbonyl (C=O) groups excluding carboxylic acids is 2. The third-order valence-corrected chi connectivity index (χ3v) is 5.01. The van der Waals surface area contributed by atoms with Gasteiger partial charge in [-0.05, 0) is 50.3 Å². The Labute approximate surface area is 160 Å². The number of Topliss-reactive ketones (excluding diaryl/α,β-unsaturated/α-hetero) is 1. The lowest BCUT2D eigenvalue weighted by atomic mass is 9.68. The summed E-state index contributed by atoms with van der Waals surface area (Å²) in [7, 11) is 0. The number of esters is 1. The number of ketones is 1. The van der Waals surface area contributed by atoms with E-state index in [1.54, 1.807) is 32.0 Å². The first-order valence-corrected chi connectivity index (χ1v) is 9.33. The van der Waals surface area contributed by atoms with Crippen LogP contribution in [0.4, 0.5) is 0 Å². The number of hydrogen-bond acceptors (Lipinski definition) is 5. The Kier molecular flexibility index (Phi) is 4.89. The number of dihydropyridines is 1. The number of aromatic hydroxyl groups is 1. The van der Waals surface area contributed by atoms with E-state index in [2.05, 4.69) is 19.2 Å². The van der Waals surface area contributed by atoms with Crippen molar-refractivity contribution in [3.05, 3.63) is 52.4 Å². The van der Waals surface area contributed by atoms with E-state index < -0.39 is 11.9 Å². The Morgan fingerprint density at radius 1 is 1.30 bits per heavy atom. The molecule has 3 rings (SSSR count). The van der Waals surface area contributed by atoms with Crippen molar-refractivity contribution in [1.29, 1.82) is 0 Å². The van der Waals surface area contributed by atoms with Crippen LogP contribution in [0.25, 0.3) is 0 Å². The SMILES string of the molecule is CC1=C(C(=O)OC(C)C)[C@H](c2cccc(O)c2)C2=C(CC(C)(C)CC2=O)N1. The van der Waals surface area contributed by atoms with Gasteiger partial charge in [0.05, 0.1) is 11.7 Å². The number of carbonyl (C=O) groups is 2. The zero-order chi connectivity index (χ0) is 19.9. The lowest BCUT2D eigenvalue weighted by Gasteiger charge is -2.39. The molecule has 0 fully saturated rings. The summed E-state index contributed by atoms with van der Waals surface area (Å²) in [5, 5.41) is 13.3. The van der Waals surface area contributed by atoms with Crippen LogP contribution in [0.2, 0.25) is 0 Å². The number of phenolic OH excluding ortho intramolecular Hbond substituents is 1. The Morgan fingerprint density at radius 3 is 2.63 bits per heavy atom. The summed E-state index contributed by atoms with van der Waals surface area (Å²) in [6.45, 7) is 9.57. The summed E-state index contributed by atoms with van der Waals surface area (Å²) in [5.41, 5.74) is 3.18. The number of phenols is 1. The number of ether oxygens (including phenoxy) is 1. The smallest absolute Gasteiger partial charge is 0.337 e. The monoisotopic (exact) mass is 369 g/mol. The van der Waals surface area contributed by atoms with Crippen molar-refractivity contribution in [3.8, 4) is 5.75 Å². The van der Waals surface area contributed by atoms with E-state index in [1.807, 2.05) is 13.0 Å². The van der Waals surface area contributed by atoms with E-state index in [1.165, 1.54) is 0 Å². The van der Waals surface area contributed by atoms with Crippen LogP contribution in [0, 0.1) is 5.41 Å². The molecule has 0 radical (unpaired) electrons. The van der Waals surface area contributed by atoms with Gasteiger partial charge in [0.25, 0.3) is 0 Å². The lowest BCUT2D eigenvalue weighted by molar-refractivity contribution is -0.143. The predicted molar refractivity (Wildman–Crippen MR) is 103 cm³/mol. The third-order valence-electron chi connectivity index (χ3n) is 5.01. The minimum atomic E-state index is -0.539. The third kappa shape index (κ3) is 3.77. The molecule has 1 aliphatic carbocycles. The van der Waals surface area contributed by atoms with Gasteiger partial charge in [-0.3, -0.25) is 4.79 Å². The number of benzene rings is 1. The standard InChI is InChI=1S/C22H27NO4/c1-12(2)27-21(26)18-13(3)23-16-10-22(4,5)11-17(25)20(16)19(18)14-7-6-8-15(24)9-14/h6-9,12,19,23-24H,10-11H2,1-5H3/t19-/m0/s1. The largest absolute Gasteiger partial charge is 0.508 e. The van der Waals surface area contributed by atoms with Crippen LogP contribution >= 0.6 is 0 Å². The second-order valence-corrected chi connectivity index (χ2v) is 8.48. The van der Waals surface area contributed by atoms with Crippen molar-refractivity contribution in [2.75, 3.05) is 0 Å². The molecule has 2 aliphatic rings. The van der Waals surface area contributed by atoms with Crippen LogP contribution in [0.5, 0.6) is 5.75 Å². The molecule has 1 aliphatic heterocycles. The lowest BCUT2D eigenvalue weighted by Crippen LogP contribution is -2.39. The Balaban J connectivity index is 2.17. The molecule has 0 aromatic heterocycles. The highest BCUT2D eigenvalue weighted by Crippen LogP contribution is 2.47. The Bertz CT molecular complexity index is 861. The van der Waals surface area contributed by atoms with Gasteiger partial charge in [0.15, 0.2) is 5.78 Å². The van der Waals surface area contributed by atoms with Crippen molar-refractivity contribution in [2.24, 2.45) is 5.41 Å². The summed E-state index contributed by atoms with van der Waals surface area (Å²) in [5.74, 6) is -0.842. The fourth-order valence-corrected chi connectivity index (χ4v) is 4.02. The first-order chi connectivity index (χ1) is 12.6. The van der Waals surface area contributed by atoms with Gasteiger partial charge in [-0.25, -0.2) is 4.79 Å². The quantitative estimate of drug-likeness (QED) is 0.789. The van der Waals surface area contributed by atoms with Crippen molar-refractivity contribution in [1.82, 2.24) is 5.32 Å². The van der Waals surface area contributed by atoms with Crippen LogP contribution < -0.4 is 5.32 Å². The number of rotatable bonds is 3. The first kappa shape index (κ1) is 19.2. The summed E-state index contributed by atoms with van der Waals surface area (Å²) in [6.07, 6.45) is 0.890. The number of hydrogen-bond donors (Lipinski definition) is 2. The van der Waals surface area contributed by atoms with Gasteiger partial charge < -0.3 is 15.2 Å². The molecule has 1 aromatic rings. The first-order valence-electron chi connectivity index (χ1n) is 9.33. The Morgan fingerprint density at radius 2 is 2.00 bits per heavy atom. The van der Waals surface area contributed by atoms with Crippen LogP contribution in [0.15, 0.2) is 46.8 Å². The normalized spacial score (nSPS) is 21.9. The number of allylic oxidation sites excluding steroid dienone is 3. The van der Waals surface area contributed by atoms with Crippen LogP contribution in [-0.2, 0) is 14.3 Å². The van der Waals surface area contributed by atoms with Crippen LogP contribution in [0.3, 0.4) is 0 Å². The van der Waals surface area contributed by atoms with Crippen molar-refractivity contribution >= 4 is 11.8 Å². The van der Waals surface area contributed by atoms with Crippen molar-refractivity contribution < 1.29 is 19.4 Å². The minimum Gasteiger partial charge on any atom is -0.508 e. The molecule has 0 saturated heterocycles. The molecule has 144 valence electrons. The molecule has 0 saturated carbocycles. The average molecular weight is 369 g/mol. The summed E-state index contributed by atoms with van der Waals surface area (Å²) >= 11 is 0. The van der Waals surface area contributed by atoms with E-state index in [9.17, 15) is 14.7 Å². The molecule has 2 N–H and O–H groups in total. The van der Waals surface area contributed by atoms with E-state index in [0.717, 1.165) is 12.1 Å². The fourth-order valence-electron chi connectivity index (χ4n) is 4.02. The van der Waals surface area contributed by atoms with Gasteiger partial charge in [-0.1, -0.05) is 26.0 Å². The van der Waals surface area contributed by atoms with Gasteiger partial charge in [0.1, 0.15) is 5.75 Å². The van der Waals surface area contributed by atoms with Gasteiger partial charge in [0.2, 0.25) is 0 Å². The maximum atomic E-state index is 13.1. The molecule has 27 heavy (non-hydrogen) atoms. The molecule has 0 bridgehead atoms. The molecule has 1 heterocycles. The second kappa shape index (κ2) is 6.87. The molecule has 0 amide bonds. The van der Waals surface area contributed by atoms with Crippen LogP contribution in [-0.4, -0.2) is 23.0 Å². The predicted octanol–water partition coefficient (Wildman–Crippen LogP) is 3.95. The fraction of sp³-hybridized carbons (Fsp3) is 0.455. The highest BCUT2D eigenvalue weighted by Gasteiger charge is 2.43. The van der Waals surface area contributed by atoms with Gasteiger partial charge in [0, 0.05) is 29.3 Å². The maximum Gasteiger partial charge on any atom is 0.337 e. The topological polar surface area (TPSA) is 75.6 Å². The highest BCUT2D eigenvalue weighted by atomic mass is 16.5. The molecular weight excluding hydrogens is 342 g/mol. The van der Waals surface area contributed by atoms with Gasteiger partial charge in [-0.2, -0.15) is 0 Å². The molecule has 1 atom stereocenters. The summed E-state index contributed by atoms with van der Waals surface area (Å²) in [4.78, 5) is 26.0. The van der Waals surface area contributed by atoms with Gasteiger partial charge >= 0.3 is 5.97 Å². The average Bonchev–Trinajstić information content (AvgIpc) is 2.51. The zero-order valence-electron chi connectivity index (χ0n) is 16.6. The summed E-state index contributed by atoms with van der Waals surface area (Å²) < 4.78 is 5.46. The van der Waals surface area contributed by atoms with E-state index in [-0.39, 0.29) is 23.1 Å². The van der Waals surface area contributed by atoms with E-state index >= 15 is 0 Å².